The Balaban J connectivity index is 1.97. The summed E-state index contributed by atoms with van der Waals surface area (Å²) in [6.45, 7) is 0. The molecule has 0 bridgehead atoms. The van der Waals surface area contributed by atoms with Crippen molar-refractivity contribution in [2.75, 3.05) is 32.0 Å². The summed E-state index contributed by atoms with van der Waals surface area (Å²) in [7, 11) is 1.25. The molecule has 1 aliphatic rings. The molecular weight excluding hydrogens is 394 g/mol. The summed E-state index contributed by atoms with van der Waals surface area (Å²) in [5.41, 5.74) is 1.27. The van der Waals surface area contributed by atoms with Gasteiger partial charge in [-0.3, -0.25) is 4.79 Å². The average molecular weight is 417 g/mol. The summed E-state index contributed by atoms with van der Waals surface area (Å²) in [6.07, 6.45) is 1.63. The first-order valence-corrected chi connectivity index (χ1v) is 10.7. The third-order valence-electron chi connectivity index (χ3n) is 4.67. The molecule has 0 saturated carbocycles. The molecule has 7 nitrogen and oxygen atoms in total. The molecule has 154 valence electrons. The highest BCUT2D eigenvalue weighted by Gasteiger charge is 2.33. The van der Waals surface area contributed by atoms with E-state index in [2.05, 4.69) is 0 Å². The third kappa shape index (κ3) is 4.71. The molecule has 3 rings (SSSR count). The lowest BCUT2D eigenvalue weighted by molar-refractivity contribution is -0.118. The van der Waals surface area contributed by atoms with Crippen LogP contribution in [-0.2, 0) is 21.1 Å². The predicted octanol–water partition coefficient (Wildman–Crippen LogP) is 2.60. The Morgan fingerprint density at radius 2 is 1.66 bits per heavy atom. The Bertz CT molecular complexity index is 1010. The Hall–Kier alpha value is -3.00. The number of hydrogen-bond donors (Lipinski definition) is 0. The summed E-state index contributed by atoms with van der Waals surface area (Å²) in [5.74, 6) is 1.27. The van der Waals surface area contributed by atoms with Crippen LogP contribution < -0.4 is 19.1 Å². The number of anilines is 1. The molecule has 1 amide bonds. The first-order valence-electron chi connectivity index (χ1n) is 8.95. The number of sulfone groups is 1. The summed E-state index contributed by atoms with van der Waals surface area (Å²) < 4.78 is 39.8. The van der Waals surface area contributed by atoms with Crippen molar-refractivity contribution in [1.29, 1.82) is 0 Å². The zero-order valence-corrected chi connectivity index (χ0v) is 17.3. The number of nitrogens with zero attached hydrogens (tertiary/aromatic N) is 1. The van der Waals surface area contributed by atoms with Gasteiger partial charge in [0.1, 0.15) is 17.2 Å². The fourth-order valence-electron chi connectivity index (χ4n) is 3.21. The number of methoxy groups -OCH3 is 3. The van der Waals surface area contributed by atoms with E-state index in [1.54, 1.807) is 49.6 Å². The average Bonchev–Trinajstić information content (AvgIpc) is 3.08. The molecule has 0 spiro atoms. The van der Waals surface area contributed by atoms with Gasteiger partial charge in [0.05, 0.1) is 45.2 Å². The van der Waals surface area contributed by atoms with Crippen molar-refractivity contribution in [3.8, 4) is 17.2 Å². The molecule has 0 fully saturated rings. The van der Waals surface area contributed by atoms with Gasteiger partial charge in [-0.15, -0.1) is 0 Å². The van der Waals surface area contributed by atoms with Crippen molar-refractivity contribution in [3.63, 3.8) is 0 Å². The second-order valence-electron chi connectivity index (χ2n) is 6.55. The molecule has 1 atom stereocenters. The van der Waals surface area contributed by atoms with E-state index < -0.39 is 15.9 Å². The normalized spacial score (nSPS) is 17.0. The minimum Gasteiger partial charge on any atom is -0.497 e. The summed E-state index contributed by atoms with van der Waals surface area (Å²) in [4.78, 5) is 14.7. The van der Waals surface area contributed by atoms with Crippen LogP contribution >= 0.6 is 0 Å². The van der Waals surface area contributed by atoms with Gasteiger partial charge in [-0.05, 0) is 35.9 Å². The number of hydrogen-bond acceptors (Lipinski definition) is 6. The van der Waals surface area contributed by atoms with Gasteiger partial charge in [-0.2, -0.15) is 0 Å². The molecule has 29 heavy (non-hydrogen) atoms. The van der Waals surface area contributed by atoms with Crippen molar-refractivity contribution in [2.45, 2.75) is 12.5 Å². The molecule has 0 aliphatic carbocycles. The van der Waals surface area contributed by atoms with E-state index in [-0.39, 0.29) is 18.1 Å². The molecule has 0 radical (unpaired) electrons. The number of amides is 1. The standard InChI is InChI=1S/C21H23NO6S/c1-26-17-6-4-15(5-7-17)12-21(23)22(16-10-11-29(24,25)14-16)19-9-8-18(27-2)13-20(19)28-3/h4-11,13,16H,12,14H2,1-3H3/t16-/m0/s1. The van der Waals surface area contributed by atoms with Gasteiger partial charge in [-0.25, -0.2) is 8.42 Å². The Labute approximate surface area is 170 Å². The van der Waals surface area contributed by atoms with Crippen molar-refractivity contribution in [3.05, 3.63) is 59.5 Å². The van der Waals surface area contributed by atoms with Crippen molar-refractivity contribution < 1.29 is 27.4 Å². The summed E-state index contributed by atoms with van der Waals surface area (Å²) >= 11 is 0. The minimum atomic E-state index is -3.35. The highest BCUT2D eigenvalue weighted by Crippen LogP contribution is 2.35. The Kier molecular flexibility index (Phi) is 6.12. The fourth-order valence-corrected chi connectivity index (χ4v) is 4.47. The van der Waals surface area contributed by atoms with Crippen LogP contribution in [-0.4, -0.2) is 47.4 Å². The van der Waals surface area contributed by atoms with E-state index in [0.29, 0.717) is 22.9 Å². The van der Waals surface area contributed by atoms with Crippen molar-refractivity contribution in [2.24, 2.45) is 0 Å². The molecule has 0 N–H and O–H groups in total. The minimum absolute atomic E-state index is 0.101. The van der Waals surface area contributed by atoms with E-state index in [9.17, 15) is 13.2 Å². The summed E-state index contributed by atoms with van der Waals surface area (Å²) in [6, 6.07) is 11.6. The Morgan fingerprint density at radius 3 is 2.21 bits per heavy atom. The predicted molar refractivity (Wildman–Crippen MR) is 110 cm³/mol. The van der Waals surface area contributed by atoms with Gasteiger partial charge in [0, 0.05) is 11.5 Å². The zero-order chi connectivity index (χ0) is 21.0. The number of benzene rings is 2. The van der Waals surface area contributed by atoms with Gasteiger partial charge in [-0.1, -0.05) is 12.1 Å². The summed E-state index contributed by atoms with van der Waals surface area (Å²) in [5, 5.41) is 1.15. The quantitative estimate of drug-likeness (QED) is 0.689. The van der Waals surface area contributed by atoms with E-state index in [1.807, 2.05) is 0 Å². The lowest BCUT2D eigenvalue weighted by atomic mass is 10.1. The largest absolute Gasteiger partial charge is 0.497 e. The van der Waals surface area contributed by atoms with Crippen LogP contribution in [0.1, 0.15) is 5.56 Å². The number of rotatable bonds is 7. The topological polar surface area (TPSA) is 82.1 Å². The Morgan fingerprint density at radius 1 is 1.00 bits per heavy atom. The molecule has 1 aliphatic heterocycles. The smallest absolute Gasteiger partial charge is 0.232 e. The van der Waals surface area contributed by atoms with Crippen LogP contribution in [0.15, 0.2) is 53.9 Å². The highest BCUT2D eigenvalue weighted by molar-refractivity contribution is 7.94. The molecular formula is C21H23NO6S. The second-order valence-corrected chi connectivity index (χ2v) is 8.48. The lowest BCUT2D eigenvalue weighted by Crippen LogP contribution is -2.42. The van der Waals surface area contributed by atoms with E-state index in [1.165, 1.54) is 25.2 Å². The maximum Gasteiger partial charge on any atom is 0.232 e. The molecule has 2 aromatic carbocycles. The lowest BCUT2D eigenvalue weighted by Gasteiger charge is -2.29. The van der Waals surface area contributed by atoms with Crippen LogP contribution in [0, 0.1) is 0 Å². The van der Waals surface area contributed by atoms with Gasteiger partial charge < -0.3 is 19.1 Å². The molecule has 8 heteroatoms. The maximum absolute atomic E-state index is 13.3. The van der Waals surface area contributed by atoms with Crippen LogP contribution in [0.4, 0.5) is 5.69 Å². The molecule has 0 aromatic heterocycles. The van der Waals surface area contributed by atoms with Crippen molar-refractivity contribution >= 4 is 21.4 Å². The van der Waals surface area contributed by atoms with Crippen molar-refractivity contribution in [1.82, 2.24) is 0 Å². The van der Waals surface area contributed by atoms with Gasteiger partial charge in [0.25, 0.3) is 0 Å². The zero-order valence-electron chi connectivity index (χ0n) is 16.5. The molecule has 1 heterocycles. The van der Waals surface area contributed by atoms with E-state index in [0.717, 1.165) is 11.0 Å². The number of carbonyl (C=O) groups is 1. The first-order chi connectivity index (χ1) is 13.9. The monoisotopic (exact) mass is 417 g/mol. The maximum atomic E-state index is 13.3. The van der Waals surface area contributed by atoms with Crippen LogP contribution in [0.3, 0.4) is 0 Å². The van der Waals surface area contributed by atoms with E-state index in [4.69, 9.17) is 14.2 Å². The number of ether oxygens (including phenoxy) is 3. The van der Waals surface area contributed by atoms with Crippen LogP contribution in [0.25, 0.3) is 0 Å². The molecule has 0 saturated heterocycles. The first kappa shape index (κ1) is 20.7. The molecule has 0 unspecified atom stereocenters. The highest BCUT2D eigenvalue weighted by atomic mass is 32.2. The van der Waals surface area contributed by atoms with Gasteiger partial charge in [0.15, 0.2) is 9.84 Å². The fraction of sp³-hybridized carbons (Fsp3) is 0.286. The SMILES string of the molecule is COc1ccc(CC(=O)N(c2ccc(OC)cc2OC)[C@H]2C=CS(=O)(=O)C2)cc1. The van der Waals surface area contributed by atoms with Gasteiger partial charge >= 0.3 is 0 Å². The molecule has 2 aromatic rings. The van der Waals surface area contributed by atoms with Gasteiger partial charge in [0.2, 0.25) is 5.91 Å². The van der Waals surface area contributed by atoms with E-state index >= 15 is 0 Å². The number of carbonyl (C=O) groups excluding carboxylic acids is 1. The third-order valence-corrected chi connectivity index (χ3v) is 6.05. The second kappa shape index (κ2) is 8.57. The van der Waals surface area contributed by atoms with Crippen LogP contribution in [0.5, 0.6) is 17.2 Å². The van der Waals surface area contributed by atoms with Crippen LogP contribution in [0.2, 0.25) is 0 Å².